The molecule has 0 saturated carbocycles. The summed E-state index contributed by atoms with van der Waals surface area (Å²) < 4.78 is 26.9. The van der Waals surface area contributed by atoms with Gasteiger partial charge in [-0.05, 0) is 36.6 Å². The Bertz CT molecular complexity index is 834. The van der Waals surface area contributed by atoms with Gasteiger partial charge >= 0.3 is 0 Å². The average molecular weight is 320 g/mol. The van der Waals surface area contributed by atoms with E-state index in [2.05, 4.69) is 0 Å². The van der Waals surface area contributed by atoms with Crippen molar-refractivity contribution in [1.82, 2.24) is 0 Å². The number of hydrogen-bond acceptors (Lipinski definition) is 5. The summed E-state index contributed by atoms with van der Waals surface area (Å²) in [6.45, 7) is 0.326. The summed E-state index contributed by atoms with van der Waals surface area (Å²) in [6, 6.07) is 9.89. The van der Waals surface area contributed by atoms with Gasteiger partial charge in [-0.3, -0.25) is 4.31 Å². The Hall–Kier alpha value is -2.04. The van der Waals surface area contributed by atoms with E-state index >= 15 is 0 Å². The van der Waals surface area contributed by atoms with Crippen molar-refractivity contribution in [1.29, 1.82) is 5.26 Å². The molecule has 1 aromatic carbocycles. The van der Waals surface area contributed by atoms with Gasteiger partial charge in [-0.25, -0.2) is 8.42 Å². The third-order valence-corrected chi connectivity index (χ3v) is 6.65. The molecule has 3 rings (SSSR count). The lowest BCUT2D eigenvalue weighted by atomic mass is 10.0. The standard InChI is InChI=1S/C14H12N2O3S2/c15-9-11-6-7-13(20-11)21(18,19)16-8-2-4-10-3-1-5-12(17)14(10)16/h1,3,5-7,17H,2,4,8H2. The summed E-state index contributed by atoms with van der Waals surface area (Å²) in [5, 5.41) is 18.9. The zero-order valence-electron chi connectivity index (χ0n) is 11.0. The Labute approximate surface area is 126 Å². The minimum Gasteiger partial charge on any atom is -0.506 e. The number of aryl methyl sites for hydroxylation is 1. The smallest absolute Gasteiger partial charge is 0.273 e. The molecular formula is C14H12N2O3S2. The number of para-hydroxylation sites is 1. The summed E-state index contributed by atoms with van der Waals surface area (Å²) in [7, 11) is -3.75. The third kappa shape index (κ3) is 2.26. The van der Waals surface area contributed by atoms with E-state index in [-0.39, 0.29) is 9.96 Å². The zero-order valence-corrected chi connectivity index (χ0v) is 12.6. The maximum absolute atomic E-state index is 12.7. The van der Waals surface area contributed by atoms with Gasteiger partial charge in [0.2, 0.25) is 0 Å². The Morgan fingerprint density at radius 1 is 1.29 bits per heavy atom. The van der Waals surface area contributed by atoms with Crippen molar-refractivity contribution in [3.8, 4) is 11.8 Å². The molecule has 0 bridgehead atoms. The van der Waals surface area contributed by atoms with Gasteiger partial charge in [0, 0.05) is 6.54 Å². The molecule has 108 valence electrons. The molecule has 0 spiro atoms. The molecule has 2 aromatic rings. The predicted molar refractivity (Wildman–Crippen MR) is 80.0 cm³/mol. The highest BCUT2D eigenvalue weighted by atomic mass is 32.2. The van der Waals surface area contributed by atoms with E-state index in [1.54, 1.807) is 6.07 Å². The second-order valence-electron chi connectivity index (χ2n) is 4.70. The molecule has 0 unspecified atom stereocenters. The van der Waals surface area contributed by atoms with E-state index in [0.717, 1.165) is 23.3 Å². The highest BCUT2D eigenvalue weighted by molar-refractivity contribution is 7.94. The molecule has 0 atom stereocenters. The average Bonchev–Trinajstić information content (AvgIpc) is 2.97. The molecule has 2 heterocycles. The molecule has 0 aliphatic carbocycles. The van der Waals surface area contributed by atoms with Gasteiger partial charge in [0.1, 0.15) is 20.9 Å². The summed E-state index contributed by atoms with van der Waals surface area (Å²) >= 11 is 0.942. The normalized spacial score (nSPS) is 14.5. The number of fused-ring (bicyclic) bond motifs is 1. The Kier molecular flexibility index (Phi) is 3.35. The maximum atomic E-state index is 12.7. The second-order valence-corrected chi connectivity index (χ2v) is 7.87. The largest absolute Gasteiger partial charge is 0.506 e. The zero-order chi connectivity index (χ0) is 15.0. The molecule has 5 nitrogen and oxygen atoms in total. The van der Waals surface area contributed by atoms with E-state index in [1.807, 2.05) is 12.1 Å². The van der Waals surface area contributed by atoms with Gasteiger partial charge in [0.05, 0.1) is 5.69 Å². The quantitative estimate of drug-likeness (QED) is 0.921. The van der Waals surface area contributed by atoms with Crippen LogP contribution in [0, 0.1) is 11.3 Å². The molecule has 0 fully saturated rings. The van der Waals surface area contributed by atoms with Gasteiger partial charge in [-0.15, -0.1) is 11.3 Å². The van der Waals surface area contributed by atoms with Crippen molar-refractivity contribution < 1.29 is 13.5 Å². The van der Waals surface area contributed by atoms with Crippen LogP contribution in [0.1, 0.15) is 16.9 Å². The van der Waals surface area contributed by atoms with E-state index < -0.39 is 10.0 Å². The Balaban J connectivity index is 2.12. The van der Waals surface area contributed by atoms with E-state index in [4.69, 9.17) is 5.26 Å². The number of phenols is 1. The van der Waals surface area contributed by atoms with Gasteiger partial charge < -0.3 is 5.11 Å². The monoisotopic (exact) mass is 320 g/mol. The molecule has 1 N–H and O–H groups in total. The first-order chi connectivity index (χ1) is 10.0. The molecule has 0 saturated heterocycles. The molecule has 21 heavy (non-hydrogen) atoms. The number of nitriles is 1. The Morgan fingerprint density at radius 3 is 2.81 bits per heavy atom. The maximum Gasteiger partial charge on any atom is 0.273 e. The van der Waals surface area contributed by atoms with Crippen LogP contribution in [-0.4, -0.2) is 20.1 Å². The minimum atomic E-state index is -3.75. The second kappa shape index (κ2) is 5.06. The van der Waals surface area contributed by atoms with Gasteiger partial charge in [-0.1, -0.05) is 12.1 Å². The highest BCUT2D eigenvalue weighted by Crippen LogP contribution is 2.39. The summed E-state index contributed by atoms with van der Waals surface area (Å²) in [6.07, 6.45) is 1.44. The first-order valence-corrected chi connectivity index (χ1v) is 8.63. The Morgan fingerprint density at radius 2 is 2.10 bits per heavy atom. The van der Waals surface area contributed by atoms with Crippen molar-refractivity contribution in [3.05, 3.63) is 40.8 Å². The summed E-state index contributed by atoms with van der Waals surface area (Å²) in [5.41, 5.74) is 1.18. The number of rotatable bonds is 2. The number of hydrogen-bond donors (Lipinski definition) is 1. The van der Waals surface area contributed by atoms with Crippen LogP contribution >= 0.6 is 11.3 Å². The molecule has 0 radical (unpaired) electrons. The van der Waals surface area contributed by atoms with Gasteiger partial charge in [0.25, 0.3) is 10.0 Å². The number of thiophene rings is 1. The predicted octanol–water partition coefficient (Wildman–Crippen LogP) is 2.47. The van der Waals surface area contributed by atoms with Crippen molar-refractivity contribution in [2.75, 3.05) is 10.8 Å². The van der Waals surface area contributed by atoms with E-state index in [1.165, 1.54) is 22.5 Å². The van der Waals surface area contributed by atoms with Crippen LogP contribution in [0.5, 0.6) is 5.75 Å². The third-order valence-electron chi connectivity index (χ3n) is 3.39. The number of anilines is 1. The first-order valence-electron chi connectivity index (χ1n) is 6.37. The van der Waals surface area contributed by atoms with Gasteiger partial charge in [-0.2, -0.15) is 5.26 Å². The van der Waals surface area contributed by atoms with Crippen molar-refractivity contribution in [2.45, 2.75) is 17.1 Å². The molecular weight excluding hydrogens is 308 g/mol. The topological polar surface area (TPSA) is 81.4 Å². The lowest BCUT2D eigenvalue weighted by Gasteiger charge is -2.30. The molecule has 1 aliphatic rings. The fourth-order valence-electron chi connectivity index (χ4n) is 2.46. The molecule has 7 heteroatoms. The number of phenolic OH excluding ortho intramolecular Hbond substituents is 1. The summed E-state index contributed by atoms with van der Waals surface area (Å²) in [5.74, 6) is -0.0344. The van der Waals surface area contributed by atoms with Crippen LogP contribution in [0.15, 0.2) is 34.5 Å². The van der Waals surface area contributed by atoms with E-state index in [0.29, 0.717) is 23.5 Å². The van der Waals surface area contributed by atoms with Crippen LogP contribution in [0.25, 0.3) is 0 Å². The fourth-order valence-corrected chi connectivity index (χ4v) is 5.23. The van der Waals surface area contributed by atoms with E-state index in [9.17, 15) is 13.5 Å². The van der Waals surface area contributed by atoms with Crippen molar-refractivity contribution in [2.24, 2.45) is 0 Å². The van der Waals surface area contributed by atoms with Crippen molar-refractivity contribution in [3.63, 3.8) is 0 Å². The lowest BCUT2D eigenvalue weighted by molar-refractivity contribution is 0.473. The van der Waals surface area contributed by atoms with Crippen LogP contribution in [-0.2, 0) is 16.4 Å². The number of aromatic hydroxyl groups is 1. The highest BCUT2D eigenvalue weighted by Gasteiger charge is 2.32. The summed E-state index contributed by atoms with van der Waals surface area (Å²) in [4.78, 5) is 0.350. The molecule has 1 aromatic heterocycles. The lowest BCUT2D eigenvalue weighted by Crippen LogP contribution is -2.35. The minimum absolute atomic E-state index is 0.0344. The first kappa shape index (κ1) is 13.9. The number of nitrogens with zero attached hydrogens (tertiary/aromatic N) is 2. The van der Waals surface area contributed by atoms with Crippen LogP contribution in [0.4, 0.5) is 5.69 Å². The SMILES string of the molecule is N#Cc1ccc(S(=O)(=O)N2CCCc3cccc(O)c32)s1. The number of sulfonamides is 1. The molecule has 0 amide bonds. The number of benzene rings is 1. The van der Waals surface area contributed by atoms with Crippen LogP contribution < -0.4 is 4.31 Å². The fraction of sp³-hybridized carbons (Fsp3) is 0.214. The van der Waals surface area contributed by atoms with Crippen molar-refractivity contribution >= 4 is 27.0 Å². The van der Waals surface area contributed by atoms with Crippen LogP contribution in [0.3, 0.4) is 0 Å². The van der Waals surface area contributed by atoms with Crippen LogP contribution in [0.2, 0.25) is 0 Å². The van der Waals surface area contributed by atoms with Gasteiger partial charge in [0.15, 0.2) is 0 Å². The molecule has 1 aliphatic heterocycles.